The molecule has 0 aliphatic carbocycles. The highest BCUT2D eigenvalue weighted by Gasteiger charge is 2.08. The number of esters is 1. The number of methoxy groups -OCH3 is 1. The van der Waals surface area contributed by atoms with E-state index in [-0.39, 0.29) is 24.7 Å². The normalized spacial score (nSPS) is 9.94. The topological polar surface area (TPSA) is 55.4 Å². The number of benzene rings is 1. The second-order valence-corrected chi connectivity index (χ2v) is 4.78. The second-order valence-electron chi connectivity index (χ2n) is 3.58. The zero-order chi connectivity index (χ0) is 13.5. The summed E-state index contributed by atoms with van der Waals surface area (Å²) in [4.78, 5) is 22.5. The highest BCUT2D eigenvalue weighted by molar-refractivity contribution is 9.10. The Balaban J connectivity index is 2.45. The van der Waals surface area contributed by atoms with E-state index in [1.54, 1.807) is 18.2 Å². The molecule has 0 aliphatic rings. The van der Waals surface area contributed by atoms with Gasteiger partial charge < -0.3 is 10.1 Å². The maximum atomic E-state index is 11.6. The quantitative estimate of drug-likeness (QED) is 0.840. The van der Waals surface area contributed by atoms with Crippen LogP contribution in [0.3, 0.4) is 0 Å². The van der Waals surface area contributed by atoms with Crippen molar-refractivity contribution in [3.05, 3.63) is 27.7 Å². The Labute approximate surface area is 119 Å². The lowest BCUT2D eigenvalue weighted by molar-refractivity contribution is -0.140. The zero-order valence-corrected chi connectivity index (χ0v) is 12.2. The minimum atomic E-state index is -0.313. The van der Waals surface area contributed by atoms with E-state index in [1.807, 2.05) is 0 Å². The van der Waals surface area contributed by atoms with Crippen molar-refractivity contribution < 1.29 is 14.3 Å². The first-order chi connectivity index (χ1) is 8.54. The molecule has 0 unspecified atom stereocenters. The van der Waals surface area contributed by atoms with Crippen LogP contribution in [0.5, 0.6) is 0 Å². The van der Waals surface area contributed by atoms with Crippen molar-refractivity contribution in [2.75, 3.05) is 12.4 Å². The molecular formula is C12H13BrClNO3. The third-order valence-corrected chi connectivity index (χ3v) is 3.64. The molecule has 98 valence electrons. The second kappa shape index (κ2) is 7.38. The number of halogens is 2. The molecule has 0 fully saturated rings. The summed E-state index contributed by atoms with van der Waals surface area (Å²) in [7, 11) is 1.32. The average Bonchev–Trinajstić information content (AvgIpc) is 2.34. The predicted molar refractivity (Wildman–Crippen MR) is 73.6 cm³/mol. The Morgan fingerprint density at radius 3 is 2.78 bits per heavy atom. The van der Waals surface area contributed by atoms with Gasteiger partial charge in [0.2, 0.25) is 5.91 Å². The van der Waals surface area contributed by atoms with Gasteiger partial charge in [0.25, 0.3) is 0 Å². The van der Waals surface area contributed by atoms with E-state index in [0.717, 1.165) is 0 Å². The summed E-state index contributed by atoms with van der Waals surface area (Å²) in [6.07, 6.45) is 0.950. The first-order valence-electron chi connectivity index (χ1n) is 5.35. The van der Waals surface area contributed by atoms with Gasteiger partial charge in [0.15, 0.2) is 0 Å². The highest BCUT2D eigenvalue weighted by Crippen LogP contribution is 2.30. The van der Waals surface area contributed by atoms with Gasteiger partial charge in [-0.25, -0.2) is 0 Å². The van der Waals surface area contributed by atoms with Crippen LogP contribution >= 0.6 is 27.5 Å². The molecule has 1 aromatic rings. The minimum Gasteiger partial charge on any atom is -0.469 e. The molecule has 4 nitrogen and oxygen atoms in total. The van der Waals surface area contributed by atoms with Crippen LogP contribution in [-0.2, 0) is 14.3 Å². The fraction of sp³-hybridized carbons (Fsp3) is 0.333. The van der Waals surface area contributed by atoms with Crippen molar-refractivity contribution >= 4 is 45.1 Å². The number of amides is 1. The summed E-state index contributed by atoms with van der Waals surface area (Å²) < 4.78 is 5.14. The third-order valence-electron chi connectivity index (χ3n) is 2.24. The lowest BCUT2D eigenvalue weighted by atomic mass is 10.2. The van der Waals surface area contributed by atoms with Crippen molar-refractivity contribution in [3.8, 4) is 0 Å². The van der Waals surface area contributed by atoms with Crippen LogP contribution in [0, 0.1) is 0 Å². The van der Waals surface area contributed by atoms with Gasteiger partial charge in [-0.05, 0) is 34.5 Å². The average molecular weight is 335 g/mol. The fourth-order valence-corrected chi connectivity index (χ4v) is 1.85. The Morgan fingerprint density at radius 1 is 1.39 bits per heavy atom. The minimum absolute atomic E-state index is 0.165. The highest BCUT2D eigenvalue weighted by atomic mass is 79.9. The van der Waals surface area contributed by atoms with Gasteiger partial charge in [-0.1, -0.05) is 17.7 Å². The molecule has 0 bridgehead atoms. The first-order valence-corrected chi connectivity index (χ1v) is 6.52. The molecule has 18 heavy (non-hydrogen) atoms. The molecule has 1 N–H and O–H groups in total. The molecule has 0 radical (unpaired) electrons. The Morgan fingerprint density at radius 2 is 2.11 bits per heavy atom. The number of rotatable bonds is 5. The fourth-order valence-electron chi connectivity index (χ4n) is 1.31. The molecule has 0 heterocycles. The van der Waals surface area contributed by atoms with Crippen LogP contribution < -0.4 is 5.32 Å². The Kier molecular flexibility index (Phi) is 6.15. The van der Waals surface area contributed by atoms with Gasteiger partial charge in [0, 0.05) is 12.8 Å². The van der Waals surface area contributed by atoms with Gasteiger partial charge in [-0.3, -0.25) is 9.59 Å². The molecule has 0 aromatic heterocycles. The number of anilines is 1. The standard InChI is InChI=1S/C12H13BrClNO3/c1-18-11(17)7-3-6-10(16)15-9-5-2-4-8(14)12(9)13/h2,4-5H,3,6-7H2,1H3,(H,15,16). The van der Waals surface area contributed by atoms with Crippen LogP contribution in [0.1, 0.15) is 19.3 Å². The van der Waals surface area contributed by atoms with E-state index in [9.17, 15) is 9.59 Å². The molecule has 0 atom stereocenters. The smallest absolute Gasteiger partial charge is 0.305 e. The summed E-state index contributed by atoms with van der Waals surface area (Å²) in [5.41, 5.74) is 0.616. The molecule has 0 spiro atoms. The van der Waals surface area contributed by atoms with Crippen LogP contribution in [-0.4, -0.2) is 19.0 Å². The largest absolute Gasteiger partial charge is 0.469 e. The summed E-state index contributed by atoms with van der Waals surface area (Å²) in [5, 5.41) is 3.25. The van der Waals surface area contributed by atoms with E-state index in [1.165, 1.54) is 7.11 Å². The van der Waals surface area contributed by atoms with Crippen molar-refractivity contribution in [1.29, 1.82) is 0 Å². The maximum Gasteiger partial charge on any atom is 0.305 e. The Bertz CT molecular complexity index is 451. The van der Waals surface area contributed by atoms with E-state index < -0.39 is 0 Å². The van der Waals surface area contributed by atoms with Crippen LogP contribution in [0.2, 0.25) is 5.02 Å². The van der Waals surface area contributed by atoms with Crippen LogP contribution in [0.15, 0.2) is 22.7 Å². The van der Waals surface area contributed by atoms with Gasteiger partial charge in [-0.2, -0.15) is 0 Å². The van der Waals surface area contributed by atoms with Gasteiger partial charge in [0.05, 0.1) is 22.3 Å². The third kappa shape index (κ3) is 4.66. The van der Waals surface area contributed by atoms with E-state index >= 15 is 0 Å². The van der Waals surface area contributed by atoms with Crippen LogP contribution in [0.25, 0.3) is 0 Å². The lowest BCUT2D eigenvalue weighted by Crippen LogP contribution is -2.12. The zero-order valence-electron chi connectivity index (χ0n) is 9.83. The summed E-state index contributed by atoms with van der Waals surface area (Å²) in [5.74, 6) is -0.478. The number of hydrogen-bond acceptors (Lipinski definition) is 3. The molecule has 6 heteroatoms. The number of hydrogen-bond donors (Lipinski definition) is 1. The maximum absolute atomic E-state index is 11.6. The van der Waals surface area contributed by atoms with Crippen molar-refractivity contribution in [1.82, 2.24) is 0 Å². The van der Waals surface area contributed by atoms with Crippen molar-refractivity contribution in [3.63, 3.8) is 0 Å². The summed E-state index contributed by atoms with van der Waals surface area (Å²) in [6.45, 7) is 0. The molecule has 1 amide bonds. The van der Waals surface area contributed by atoms with Crippen molar-refractivity contribution in [2.45, 2.75) is 19.3 Å². The molecule has 0 saturated carbocycles. The molecule has 1 rings (SSSR count). The van der Waals surface area contributed by atoms with E-state index in [4.69, 9.17) is 11.6 Å². The lowest BCUT2D eigenvalue weighted by Gasteiger charge is -2.08. The Hall–Kier alpha value is -1.07. The number of carbonyl (C=O) groups excluding carboxylic acids is 2. The van der Waals surface area contributed by atoms with Crippen molar-refractivity contribution in [2.24, 2.45) is 0 Å². The predicted octanol–water partition coefficient (Wildman–Crippen LogP) is 3.38. The molecule has 0 aliphatic heterocycles. The molecular weight excluding hydrogens is 321 g/mol. The number of ether oxygens (including phenoxy) is 1. The first kappa shape index (κ1) is 15.0. The monoisotopic (exact) mass is 333 g/mol. The summed E-state index contributed by atoms with van der Waals surface area (Å²) >= 11 is 9.19. The SMILES string of the molecule is COC(=O)CCCC(=O)Nc1cccc(Cl)c1Br. The van der Waals surface area contributed by atoms with Gasteiger partial charge >= 0.3 is 5.97 Å². The summed E-state index contributed by atoms with van der Waals surface area (Å²) in [6, 6.07) is 5.21. The number of nitrogens with one attached hydrogen (secondary N) is 1. The molecule has 0 saturated heterocycles. The molecule has 1 aromatic carbocycles. The van der Waals surface area contributed by atoms with E-state index in [2.05, 4.69) is 26.0 Å². The number of carbonyl (C=O) groups is 2. The van der Waals surface area contributed by atoms with Gasteiger partial charge in [0.1, 0.15) is 0 Å². The van der Waals surface area contributed by atoms with Gasteiger partial charge in [-0.15, -0.1) is 0 Å². The van der Waals surface area contributed by atoms with E-state index in [0.29, 0.717) is 21.6 Å². The van der Waals surface area contributed by atoms with Crippen LogP contribution in [0.4, 0.5) is 5.69 Å².